The van der Waals surface area contributed by atoms with Crippen LogP contribution in [0.25, 0.3) is 6.08 Å². The summed E-state index contributed by atoms with van der Waals surface area (Å²) in [7, 11) is 0. The molecule has 0 aliphatic heterocycles. The van der Waals surface area contributed by atoms with E-state index in [2.05, 4.69) is 43.3 Å². The molecule has 0 heterocycles. The summed E-state index contributed by atoms with van der Waals surface area (Å²) in [5.41, 5.74) is 3.30. The van der Waals surface area contributed by atoms with Crippen LogP contribution in [0.5, 0.6) is 0 Å². The maximum atomic E-state index is 14.0. The van der Waals surface area contributed by atoms with Gasteiger partial charge in [-0.15, -0.1) is 0 Å². The molecule has 0 saturated heterocycles. The highest BCUT2D eigenvalue weighted by molar-refractivity contribution is 5.49. The molecular weight excluding hydrogens is 302 g/mol. The minimum Gasteiger partial charge on any atom is -0.207 e. The molecule has 0 aliphatic carbocycles. The van der Waals surface area contributed by atoms with Crippen molar-refractivity contribution < 1.29 is 8.78 Å². The second kappa shape index (κ2) is 9.36. The van der Waals surface area contributed by atoms with E-state index in [0.717, 1.165) is 31.2 Å². The van der Waals surface area contributed by atoms with Crippen molar-refractivity contribution in [3.8, 4) is 0 Å². The molecule has 0 aliphatic rings. The van der Waals surface area contributed by atoms with E-state index in [1.54, 1.807) is 0 Å². The number of rotatable bonds is 8. The normalized spacial score (nSPS) is 11.3. The van der Waals surface area contributed by atoms with Crippen LogP contribution in [-0.4, -0.2) is 0 Å². The second-order valence-electron chi connectivity index (χ2n) is 6.22. The Labute approximate surface area is 144 Å². The van der Waals surface area contributed by atoms with Gasteiger partial charge in [0.25, 0.3) is 0 Å². The van der Waals surface area contributed by atoms with E-state index in [0.29, 0.717) is 12.8 Å². The van der Waals surface area contributed by atoms with E-state index in [1.165, 1.54) is 23.3 Å². The fourth-order valence-corrected chi connectivity index (χ4v) is 2.76. The molecule has 0 amide bonds. The topological polar surface area (TPSA) is 0 Å². The molecule has 0 atom stereocenters. The Kier molecular flexibility index (Phi) is 7.17. The number of benzene rings is 2. The monoisotopic (exact) mass is 328 g/mol. The highest BCUT2D eigenvalue weighted by atomic mass is 19.1. The molecule has 0 spiro atoms. The van der Waals surface area contributed by atoms with Crippen LogP contribution < -0.4 is 0 Å². The van der Waals surface area contributed by atoms with Gasteiger partial charge in [0, 0.05) is 5.56 Å². The molecule has 0 saturated carbocycles. The van der Waals surface area contributed by atoms with Crippen molar-refractivity contribution in [2.75, 3.05) is 0 Å². The fraction of sp³-hybridized carbons (Fsp3) is 0.364. The lowest BCUT2D eigenvalue weighted by atomic mass is 10.00. The number of allylic oxidation sites excluding steroid dienone is 1. The highest BCUT2D eigenvalue weighted by Gasteiger charge is 2.10. The maximum Gasteiger partial charge on any atom is 0.129 e. The molecule has 24 heavy (non-hydrogen) atoms. The molecule has 2 aromatic carbocycles. The maximum absolute atomic E-state index is 14.0. The lowest BCUT2D eigenvalue weighted by molar-refractivity contribution is 0.549. The van der Waals surface area contributed by atoms with Gasteiger partial charge in [-0.2, -0.15) is 0 Å². The summed E-state index contributed by atoms with van der Waals surface area (Å²) in [5.74, 6) is -0.827. The van der Waals surface area contributed by atoms with Crippen molar-refractivity contribution in [3.63, 3.8) is 0 Å². The van der Waals surface area contributed by atoms with Crippen molar-refractivity contribution in [1.29, 1.82) is 0 Å². The number of aryl methyl sites for hydroxylation is 2. The van der Waals surface area contributed by atoms with Gasteiger partial charge in [0.05, 0.1) is 0 Å². The van der Waals surface area contributed by atoms with Crippen LogP contribution in [-0.2, 0) is 19.3 Å². The van der Waals surface area contributed by atoms with Crippen LogP contribution in [0.15, 0.2) is 42.5 Å². The molecule has 2 aromatic rings. The molecule has 0 fully saturated rings. The largest absolute Gasteiger partial charge is 0.207 e. The SMILES string of the molecule is CCCC=Cc1ccc(CCc2cc(F)c(CCC)c(F)c2)cc1. The van der Waals surface area contributed by atoms with Gasteiger partial charge >= 0.3 is 0 Å². The molecule has 0 nitrogen and oxygen atoms in total. The Hall–Kier alpha value is -1.96. The first-order valence-electron chi connectivity index (χ1n) is 8.86. The lowest BCUT2D eigenvalue weighted by Gasteiger charge is -2.08. The van der Waals surface area contributed by atoms with E-state index < -0.39 is 11.6 Å². The standard InChI is InChI=1S/C22H26F2/c1-3-5-6-8-17-9-11-18(12-10-17)13-14-19-15-21(23)20(7-4-2)22(24)16-19/h6,8-12,15-16H,3-5,7,13-14H2,1-2H3. The minimum atomic E-state index is -0.414. The highest BCUT2D eigenvalue weighted by Crippen LogP contribution is 2.19. The quantitative estimate of drug-likeness (QED) is 0.518. The average molecular weight is 328 g/mol. The summed E-state index contributed by atoms with van der Waals surface area (Å²) >= 11 is 0. The van der Waals surface area contributed by atoms with Crippen molar-refractivity contribution in [3.05, 3.63) is 76.4 Å². The molecule has 0 bridgehead atoms. The van der Waals surface area contributed by atoms with E-state index in [-0.39, 0.29) is 5.56 Å². The summed E-state index contributed by atoms with van der Waals surface area (Å²) in [6.45, 7) is 4.09. The zero-order valence-electron chi connectivity index (χ0n) is 14.6. The predicted octanol–water partition coefficient (Wildman–Crippen LogP) is 6.52. The lowest BCUT2D eigenvalue weighted by Crippen LogP contribution is -2.00. The number of hydrogen-bond acceptors (Lipinski definition) is 0. The van der Waals surface area contributed by atoms with Gasteiger partial charge in [0.1, 0.15) is 11.6 Å². The number of unbranched alkanes of at least 4 members (excludes halogenated alkanes) is 1. The van der Waals surface area contributed by atoms with E-state index in [9.17, 15) is 8.78 Å². The van der Waals surface area contributed by atoms with Gasteiger partial charge in [0.15, 0.2) is 0 Å². The molecule has 2 heteroatoms. The molecule has 128 valence electrons. The third-order valence-electron chi connectivity index (χ3n) is 4.15. The zero-order chi connectivity index (χ0) is 17.4. The number of hydrogen-bond donors (Lipinski definition) is 0. The smallest absolute Gasteiger partial charge is 0.129 e. The van der Waals surface area contributed by atoms with Crippen LogP contribution >= 0.6 is 0 Å². The second-order valence-corrected chi connectivity index (χ2v) is 6.22. The Balaban J connectivity index is 1.98. The molecular formula is C22H26F2. The Bertz CT molecular complexity index is 646. The summed E-state index contributed by atoms with van der Waals surface area (Å²) in [4.78, 5) is 0. The third kappa shape index (κ3) is 5.30. The van der Waals surface area contributed by atoms with Crippen molar-refractivity contribution in [1.82, 2.24) is 0 Å². The molecule has 0 radical (unpaired) electrons. The van der Waals surface area contributed by atoms with Crippen LogP contribution in [0.2, 0.25) is 0 Å². The summed E-state index contributed by atoms with van der Waals surface area (Å²) in [6.07, 6.45) is 9.17. The van der Waals surface area contributed by atoms with Crippen molar-refractivity contribution in [2.24, 2.45) is 0 Å². The fourth-order valence-electron chi connectivity index (χ4n) is 2.76. The van der Waals surface area contributed by atoms with E-state index in [1.807, 2.05) is 6.92 Å². The van der Waals surface area contributed by atoms with Crippen molar-refractivity contribution in [2.45, 2.75) is 52.4 Å². The van der Waals surface area contributed by atoms with Gasteiger partial charge in [0.2, 0.25) is 0 Å². The summed E-state index contributed by atoms with van der Waals surface area (Å²) in [6, 6.07) is 11.3. The van der Waals surface area contributed by atoms with Crippen LogP contribution in [0, 0.1) is 11.6 Å². The first-order valence-corrected chi connectivity index (χ1v) is 8.86. The Morgan fingerprint density at radius 3 is 2.00 bits per heavy atom. The van der Waals surface area contributed by atoms with Crippen molar-refractivity contribution >= 4 is 6.08 Å². The van der Waals surface area contributed by atoms with Gasteiger partial charge in [-0.1, -0.05) is 63.1 Å². The van der Waals surface area contributed by atoms with Gasteiger partial charge in [-0.05, 0) is 54.5 Å². The molecule has 0 aromatic heterocycles. The Morgan fingerprint density at radius 2 is 1.42 bits per heavy atom. The molecule has 0 unspecified atom stereocenters. The van der Waals surface area contributed by atoms with Gasteiger partial charge < -0.3 is 0 Å². The Morgan fingerprint density at radius 1 is 0.792 bits per heavy atom. The summed E-state index contributed by atoms with van der Waals surface area (Å²) < 4.78 is 28.0. The van der Waals surface area contributed by atoms with E-state index >= 15 is 0 Å². The van der Waals surface area contributed by atoms with E-state index in [4.69, 9.17) is 0 Å². The van der Waals surface area contributed by atoms with Crippen LogP contribution in [0.1, 0.15) is 55.4 Å². The predicted molar refractivity (Wildman–Crippen MR) is 98.1 cm³/mol. The first kappa shape index (κ1) is 18.4. The van der Waals surface area contributed by atoms with Crippen LogP contribution in [0.3, 0.4) is 0 Å². The summed E-state index contributed by atoms with van der Waals surface area (Å²) in [5, 5.41) is 0. The third-order valence-corrected chi connectivity index (χ3v) is 4.15. The average Bonchev–Trinajstić information content (AvgIpc) is 2.58. The first-order chi connectivity index (χ1) is 11.6. The zero-order valence-corrected chi connectivity index (χ0v) is 14.6. The minimum absolute atomic E-state index is 0.212. The van der Waals surface area contributed by atoms with Crippen LogP contribution in [0.4, 0.5) is 8.78 Å². The van der Waals surface area contributed by atoms with Gasteiger partial charge in [-0.25, -0.2) is 8.78 Å². The number of halogens is 2. The molecule has 0 N–H and O–H groups in total. The molecule has 2 rings (SSSR count). The van der Waals surface area contributed by atoms with Gasteiger partial charge in [-0.3, -0.25) is 0 Å².